The lowest BCUT2D eigenvalue weighted by Crippen LogP contribution is -2.50. The maximum absolute atomic E-state index is 13.1. The Morgan fingerprint density at radius 1 is 0.893 bits per heavy atom. The third-order valence-corrected chi connectivity index (χ3v) is 6.89. The molecule has 1 amide bonds. The number of carbonyl (C=O) groups excluding carboxylic acids is 1. The molecule has 0 bridgehead atoms. The molecule has 1 aliphatic rings. The zero-order chi connectivity index (χ0) is 20.5. The second kappa shape index (κ2) is 7.64. The summed E-state index contributed by atoms with van der Waals surface area (Å²) in [5.41, 5.74) is 1.77. The standard InChI is InChI=1S/C21H25FN2O3S/c1-21(2,3)17-6-4-16(5-7-17)20(25)23-12-14-24(15-13-23)28(26,27)19-10-8-18(22)9-11-19/h4-11H,12-15H2,1-3H3. The van der Waals surface area contributed by atoms with Crippen LogP contribution in [0.2, 0.25) is 0 Å². The number of halogens is 1. The molecule has 1 heterocycles. The summed E-state index contributed by atoms with van der Waals surface area (Å²) in [5.74, 6) is -0.578. The van der Waals surface area contributed by atoms with Crippen LogP contribution in [-0.2, 0) is 15.4 Å². The third-order valence-electron chi connectivity index (χ3n) is 4.98. The predicted octanol–water partition coefficient (Wildman–Crippen LogP) is 3.27. The van der Waals surface area contributed by atoms with Crippen molar-refractivity contribution in [1.82, 2.24) is 9.21 Å². The Morgan fingerprint density at radius 2 is 1.43 bits per heavy atom. The summed E-state index contributed by atoms with van der Waals surface area (Å²) >= 11 is 0. The van der Waals surface area contributed by atoms with E-state index >= 15 is 0 Å². The summed E-state index contributed by atoms with van der Waals surface area (Å²) in [7, 11) is -3.69. The van der Waals surface area contributed by atoms with Crippen molar-refractivity contribution in [3.8, 4) is 0 Å². The van der Waals surface area contributed by atoms with Crippen LogP contribution in [0.25, 0.3) is 0 Å². The molecular weight excluding hydrogens is 379 g/mol. The summed E-state index contributed by atoms with van der Waals surface area (Å²) in [6, 6.07) is 12.4. The number of benzene rings is 2. The average Bonchev–Trinajstić information content (AvgIpc) is 2.67. The van der Waals surface area contributed by atoms with Crippen LogP contribution in [0.1, 0.15) is 36.7 Å². The van der Waals surface area contributed by atoms with Gasteiger partial charge < -0.3 is 4.90 Å². The number of hydrogen-bond acceptors (Lipinski definition) is 3. The van der Waals surface area contributed by atoms with Crippen molar-refractivity contribution < 1.29 is 17.6 Å². The number of piperazine rings is 1. The molecular formula is C21H25FN2O3S. The van der Waals surface area contributed by atoms with Gasteiger partial charge in [-0.2, -0.15) is 4.31 Å². The monoisotopic (exact) mass is 404 g/mol. The number of nitrogens with zero attached hydrogens (tertiary/aromatic N) is 2. The molecule has 2 aromatic carbocycles. The molecule has 28 heavy (non-hydrogen) atoms. The van der Waals surface area contributed by atoms with Crippen molar-refractivity contribution in [2.75, 3.05) is 26.2 Å². The van der Waals surface area contributed by atoms with Gasteiger partial charge in [0.1, 0.15) is 5.82 Å². The predicted molar refractivity (Wildman–Crippen MR) is 106 cm³/mol. The van der Waals surface area contributed by atoms with Crippen LogP contribution in [0.5, 0.6) is 0 Å². The lowest BCUT2D eigenvalue weighted by molar-refractivity contribution is 0.0698. The van der Waals surface area contributed by atoms with Gasteiger partial charge in [0, 0.05) is 31.7 Å². The molecule has 2 aromatic rings. The van der Waals surface area contributed by atoms with E-state index in [9.17, 15) is 17.6 Å². The summed E-state index contributed by atoms with van der Waals surface area (Å²) in [4.78, 5) is 14.5. The van der Waals surface area contributed by atoms with Crippen LogP contribution in [0.4, 0.5) is 4.39 Å². The van der Waals surface area contributed by atoms with Crippen LogP contribution in [0.3, 0.4) is 0 Å². The van der Waals surface area contributed by atoms with E-state index in [4.69, 9.17) is 0 Å². The highest BCUT2D eigenvalue weighted by atomic mass is 32.2. The lowest BCUT2D eigenvalue weighted by Gasteiger charge is -2.34. The highest BCUT2D eigenvalue weighted by molar-refractivity contribution is 7.89. The van der Waals surface area contributed by atoms with Gasteiger partial charge in [0.05, 0.1) is 4.90 Å². The van der Waals surface area contributed by atoms with Gasteiger partial charge in [-0.15, -0.1) is 0 Å². The quantitative estimate of drug-likeness (QED) is 0.789. The van der Waals surface area contributed by atoms with E-state index in [0.717, 1.165) is 17.7 Å². The molecule has 0 N–H and O–H groups in total. The van der Waals surface area contributed by atoms with E-state index < -0.39 is 15.8 Å². The van der Waals surface area contributed by atoms with E-state index in [1.165, 1.54) is 16.4 Å². The molecule has 1 saturated heterocycles. The molecule has 3 rings (SSSR count). The van der Waals surface area contributed by atoms with Crippen molar-refractivity contribution in [2.45, 2.75) is 31.1 Å². The molecule has 0 unspecified atom stereocenters. The first-order valence-corrected chi connectivity index (χ1v) is 10.7. The summed E-state index contributed by atoms with van der Waals surface area (Å²) in [6.45, 7) is 7.41. The average molecular weight is 405 g/mol. The van der Waals surface area contributed by atoms with Crippen molar-refractivity contribution in [3.63, 3.8) is 0 Å². The molecule has 0 aliphatic carbocycles. The van der Waals surface area contributed by atoms with E-state index in [-0.39, 0.29) is 29.3 Å². The molecule has 5 nitrogen and oxygen atoms in total. The van der Waals surface area contributed by atoms with Crippen LogP contribution < -0.4 is 0 Å². The minimum Gasteiger partial charge on any atom is -0.336 e. The van der Waals surface area contributed by atoms with Crippen LogP contribution >= 0.6 is 0 Å². The van der Waals surface area contributed by atoms with Gasteiger partial charge in [0.2, 0.25) is 10.0 Å². The van der Waals surface area contributed by atoms with Gasteiger partial charge >= 0.3 is 0 Å². The number of hydrogen-bond donors (Lipinski definition) is 0. The van der Waals surface area contributed by atoms with Gasteiger partial charge in [-0.25, -0.2) is 12.8 Å². The number of sulfonamides is 1. The maximum atomic E-state index is 13.1. The van der Waals surface area contributed by atoms with Crippen molar-refractivity contribution in [2.24, 2.45) is 0 Å². The fourth-order valence-electron chi connectivity index (χ4n) is 3.18. The Hall–Kier alpha value is -2.25. The normalized spacial score (nSPS) is 16.2. The molecule has 0 radical (unpaired) electrons. The Bertz CT molecular complexity index is 941. The number of rotatable bonds is 3. The number of amides is 1. The first kappa shape index (κ1) is 20.5. The van der Waals surface area contributed by atoms with Crippen molar-refractivity contribution in [3.05, 3.63) is 65.5 Å². The van der Waals surface area contributed by atoms with E-state index in [1.54, 1.807) is 4.90 Å². The molecule has 0 atom stereocenters. The van der Waals surface area contributed by atoms with E-state index in [0.29, 0.717) is 18.7 Å². The first-order valence-electron chi connectivity index (χ1n) is 9.24. The Labute approximate surface area is 165 Å². The van der Waals surface area contributed by atoms with Crippen molar-refractivity contribution in [1.29, 1.82) is 0 Å². The highest BCUT2D eigenvalue weighted by Crippen LogP contribution is 2.23. The lowest BCUT2D eigenvalue weighted by atomic mass is 9.86. The maximum Gasteiger partial charge on any atom is 0.253 e. The van der Waals surface area contributed by atoms with Gasteiger partial charge in [0.15, 0.2) is 0 Å². The largest absolute Gasteiger partial charge is 0.336 e. The van der Waals surface area contributed by atoms with Crippen LogP contribution in [-0.4, -0.2) is 49.7 Å². The molecule has 0 spiro atoms. The topological polar surface area (TPSA) is 57.7 Å². The molecule has 0 aromatic heterocycles. The third kappa shape index (κ3) is 4.25. The number of carbonyl (C=O) groups is 1. The highest BCUT2D eigenvalue weighted by Gasteiger charge is 2.30. The summed E-state index contributed by atoms with van der Waals surface area (Å²) < 4.78 is 39.7. The minimum atomic E-state index is -3.69. The van der Waals surface area contributed by atoms with Crippen LogP contribution in [0.15, 0.2) is 53.4 Å². The molecule has 150 valence electrons. The zero-order valence-corrected chi connectivity index (χ0v) is 17.2. The Morgan fingerprint density at radius 3 is 1.93 bits per heavy atom. The van der Waals surface area contributed by atoms with E-state index in [1.807, 2.05) is 24.3 Å². The van der Waals surface area contributed by atoms with Gasteiger partial charge in [-0.3, -0.25) is 4.79 Å². The Balaban J connectivity index is 1.66. The van der Waals surface area contributed by atoms with E-state index in [2.05, 4.69) is 20.8 Å². The summed E-state index contributed by atoms with van der Waals surface area (Å²) in [6.07, 6.45) is 0. The smallest absolute Gasteiger partial charge is 0.253 e. The SMILES string of the molecule is CC(C)(C)c1ccc(C(=O)N2CCN(S(=O)(=O)c3ccc(F)cc3)CC2)cc1. The molecule has 7 heteroatoms. The fraction of sp³-hybridized carbons (Fsp3) is 0.381. The summed E-state index contributed by atoms with van der Waals surface area (Å²) in [5, 5.41) is 0. The first-order chi connectivity index (χ1) is 13.1. The van der Waals surface area contributed by atoms with Gasteiger partial charge in [0.25, 0.3) is 5.91 Å². The molecule has 1 fully saturated rings. The second-order valence-electron chi connectivity index (χ2n) is 7.98. The molecule has 1 aliphatic heterocycles. The minimum absolute atomic E-state index is 0.0158. The molecule has 0 saturated carbocycles. The van der Waals surface area contributed by atoms with Gasteiger partial charge in [-0.1, -0.05) is 32.9 Å². The van der Waals surface area contributed by atoms with Crippen molar-refractivity contribution >= 4 is 15.9 Å². The Kier molecular flexibility index (Phi) is 5.59. The fourth-order valence-corrected chi connectivity index (χ4v) is 4.60. The second-order valence-corrected chi connectivity index (χ2v) is 9.92. The van der Waals surface area contributed by atoms with Gasteiger partial charge in [-0.05, 0) is 47.4 Å². The zero-order valence-electron chi connectivity index (χ0n) is 16.4. The van der Waals surface area contributed by atoms with Crippen LogP contribution in [0, 0.1) is 5.82 Å².